The fraction of sp³-hybridized carbons (Fsp3) is 0.318. The van der Waals surface area contributed by atoms with Crippen LogP contribution in [0, 0.1) is 0 Å². The largest absolute Gasteiger partial charge is 0.467 e. The predicted octanol–water partition coefficient (Wildman–Crippen LogP) is 2.65. The van der Waals surface area contributed by atoms with Crippen LogP contribution in [0.15, 0.2) is 54.6 Å². The number of esters is 1. The van der Waals surface area contributed by atoms with Crippen molar-refractivity contribution in [3.63, 3.8) is 0 Å². The fourth-order valence-electron chi connectivity index (χ4n) is 3.11. The third kappa shape index (κ3) is 7.13. The van der Waals surface area contributed by atoms with Gasteiger partial charge in [-0.2, -0.15) is 13.2 Å². The zero-order valence-corrected chi connectivity index (χ0v) is 17.0. The van der Waals surface area contributed by atoms with Gasteiger partial charge >= 0.3 is 12.1 Å². The van der Waals surface area contributed by atoms with Gasteiger partial charge in [0.05, 0.1) is 12.7 Å². The second-order valence-electron chi connectivity index (χ2n) is 6.89. The maximum atomic E-state index is 13.3. The monoisotopic (exact) mass is 436 g/mol. The van der Waals surface area contributed by atoms with E-state index in [1.54, 1.807) is 30.3 Å². The number of halogens is 3. The summed E-state index contributed by atoms with van der Waals surface area (Å²) >= 11 is 0. The van der Waals surface area contributed by atoms with Gasteiger partial charge in [-0.05, 0) is 17.2 Å². The number of benzene rings is 2. The summed E-state index contributed by atoms with van der Waals surface area (Å²) < 4.78 is 44.6. The third-order valence-corrected chi connectivity index (χ3v) is 4.53. The van der Waals surface area contributed by atoms with E-state index in [0.717, 1.165) is 18.7 Å². The van der Waals surface area contributed by atoms with Crippen molar-refractivity contribution in [2.75, 3.05) is 7.11 Å². The van der Waals surface area contributed by atoms with Crippen LogP contribution in [-0.2, 0) is 38.1 Å². The van der Waals surface area contributed by atoms with Crippen LogP contribution in [0.2, 0.25) is 0 Å². The summed E-state index contributed by atoms with van der Waals surface area (Å²) in [5.41, 5.74) is -0.306. The summed E-state index contributed by atoms with van der Waals surface area (Å²) in [5, 5.41) is 4.93. The molecule has 0 aliphatic rings. The molecule has 6 nitrogen and oxygen atoms in total. The first-order chi connectivity index (χ1) is 14.6. The van der Waals surface area contributed by atoms with Crippen LogP contribution >= 0.6 is 0 Å². The molecule has 0 radical (unpaired) electrons. The lowest BCUT2D eigenvalue weighted by molar-refractivity contribution is -0.146. The molecule has 0 aromatic heterocycles. The van der Waals surface area contributed by atoms with Gasteiger partial charge in [-0.15, -0.1) is 0 Å². The number of ether oxygens (including phenoxy) is 1. The molecule has 0 aliphatic heterocycles. The molecule has 9 heteroatoms. The van der Waals surface area contributed by atoms with Crippen LogP contribution in [0.25, 0.3) is 0 Å². The van der Waals surface area contributed by atoms with Gasteiger partial charge in [0.15, 0.2) is 0 Å². The van der Waals surface area contributed by atoms with Crippen molar-refractivity contribution in [2.45, 2.75) is 38.0 Å². The Balaban J connectivity index is 2.25. The number of rotatable bonds is 8. The molecule has 0 aliphatic carbocycles. The first kappa shape index (κ1) is 23.9. The Kier molecular flexibility index (Phi) is 8.18. The van der Waals surface area contributed by atoms with Gasteiger partial charge in [0.25, 0.3) is 0 Å². The average Bonchev–Trinajstić information content (AvgIpc) is 2.72. The van der Waals surface area contributed by atoms with Crippen molar-refractivity contribution in [3.8, 4) is 0 Å². The number of nitrogens with one attached hydrogen (secondary N) is 2. The molecule has 0 fully saturated rings. The van der Waals surface area contributed by atoms with E-state index in [0.29, 0.717) is 0 Å². The predicted molar refractivity (Wildman–Crippen MR) is 107 cm³/mol. The molecule has 2 aromatic rings. The van der Waals surface area contributed by atoms with Crippen LogP contribution in [0.4, 0.5) is 13.2 Å². The van der Waals surface area contributed by atoms with Crippen LogP contribution < -0.4 is 10.6 Å². The molecular weight excluding hydrogens is 413 g/mol. The summed E-state index contributed by atoms with van der Waals surface area (Å²) in [5.74, 6) is -2.07. The molecule has 166 valence electrons. The smallest absolute Gasteiger partial charge is 0.416 e. The first-order valence-corrected chi connectivity index (χ1v) is 9.46. The second-order valence-corrected chi connectivity index (χ2v) is 6.89. The van der Waals surface area contributed by atoms with E-state index in [4.69, 9.17) is 0 Å². The topological polar surface area (TPSA) is 84.5 Å². The van der Waals surface area contributed by atoms with Crippen LogP contribution in [-0.4, -0.2) is 37.0 Å². The summed E-state index contributed by atoms with van der Waals surface area (Å²) in [4.78, 5) is 36.6. The Labute approximate surface area is 177 Å². The summed E-state index contributed by atoms with van der Waals surface area (Å²) in [6, 6.07) is 11.3. The van der Waals surface area contributed by atoms with E-state index in [-0.39, 0.29) is 12.0 Å². The highest BCUT2D eigenvalue weighted by Gasteiger charge is 2.35. The van der Waals surface area contributed by atoms with Crippen molar-refractivity contribution in [1.82, 2.24) is 10.6 Å². The van der Waals surface area contributed by atoms with Crippen molar-refractivity contribution >= 4 is 17.8 Å². The van der Waals surface area contributed by atoms with E-state index < -0.39 is 48.0 Å². The summed E-state index contributed by atoms with van der Waals surface area (Å²) in [7, 11) is 1.08. The molecule has 0 spiro atoms. The average molecular weight is 436 g/mol. The van der Waals surface area contributed by atoms with E-state index in [2.05, 4.69) is 15.4 Å². The molecule has 0 saturated carbocycles. The molecular formula is C22H23F3N2O4. The second kappa shape index (κ2) is 10.6. The normalized spacial score (nSPS) is 13.1. The van der Waals surface area contributed by atoms with Crippen molar-refractivity contribution in [3.05, 3.63) is 71.3 Å². The minimum absolute atomic E-state index is 0.138. The zero-order valence-electron chi connectivity index (χ0n) is 17.0. The Morgan fingerprint density at radius 2 is 1.52 bits per heavy atom. The van der Waals surface area contributed by atoms with E-state index in [9.17, 15) is 27.6 Å². The Morgan fingerprint density at radius 3 is 2.10 bits per heavy atom. The third-order valence-electron chi connectivity index (χ3n) is 4.53. The maximum Gasteiger partial charge on any atom is 0.416 e. The molecule has 31 heavy (non-hydrogen) atoms. The minimum Gasteiger partial charge on any atom is -0.467 e. The van der Waals surface area contributed by atoms with E-state index in [1.807, 2.05) is 0 Å². The lowest BCUT2D eigenvalue weighted by Crippen LogP contribution is -2.53. The Morgan fingerprint density at radius 1 is 0.903 bits per heavy atom. The highest BCUT2D eigenvalue weighted by molar-refractivity contribution is 5.90. The van der Waals surface area contributed by atoms with Gasteiger partial charge in [-0.1, -0.05) is 48.5 Å². The lowest BCUT2D eigenvalue weighted by atomic mass is 9.99. The van der Waals surface area contributed by atoms with Crippen molar-refractivity contribution in [2.24, 2.45) is 0 Å². The highest BCUT2D eigenvalue weighted by atomic mass is 19.4. The van der Waals surface area contributed by atoms with Gasteiger partial charge in [-0.3, -0.25) is 9.59 Å². The number of hydrogen-bond donors (Lipinski definition) is 2. The molecule has 2 rings (SSSR count). The van der Waals surface area contributed by atoms with E-state index >= 15 is 0 Å². The van der Waals surface area contributed by atoms with Crippen molar-refractivity contribution in [1.29, 1.82) is 0 Å². The van der Waals surface area contributed by atoms with Gasteiger partial charge < -0.3 is 15.4 Å². The van der Waals surface area contributed by atoms with Crippen molar-refractivity contribution < 1.29 is 32.3 Å². The molecule has 2 atom stereocenters. The number of carbonyl (C=O) groups excluding carboxylic acids is 3. The number of carbonyl (C=O) groups is 3. The fourth-order valence-corrected chi connectivity index (χ4v) is 3.11. The van der Waals surface area contributed by atoms with Gasteiger partial charge in [0.2, 0.25) is 11.8 Å². The molecule has 0 bridgehead atoms. The van der Waals surface area contributed by atoms with E-state index in [1.165, 1.54) is 25.1 Å². The van der Waals surface area contributed by atoms with Crippen LogP contribution in [0.3, 0.4) is 0 Å². The van der Waals surface area contributed by atoms with Gasteiger partial charge in [0, 0.05) is 19.8 Å². The van der Waals surface area contributed by atoms with Gasteiger partial charge in [-0.25, -0.2) is 4.79 Å². The maximum absolute atomic E-state index is 13.3. The number of alkyl halides is 3. The first-order valence-electron chi connectivity index (χ1n) is 9.46. The number of amides is 2. The summed E-state index contributed by atoms with van der Waals surface area (Å²) in [6.45, 7) is 1.24. The summed E-state index contributed by atoms with van der Waals surface area (Å²) in [6.07, 6.45) is -4.90. The molecule has 0 saturated heterocycles. The van der Waals surface area contributed by atoms with Crippen LogP contribution in [0.1, 0.15) is 23.6 Å². The Hall–Kier alpha value is -3.36. The molecule has 2 amide bonds. The molecule has 2 aromatic carbocycles. The van der Waals surface area contributed by atoms with Gasteiger partial charge in [0.1, 0.15) is 12.1 Å². The Bertz CT molecular complexity index is 916. The number of methoxy groups -OCH3 is 1. The molecule has 0 heterocycles. The zero-order chi connectivity index (χ0) is 23.0. The molecule has 0 unspecified atom stereocenters. The standard InChI is InChI=1S/C22H23F3N2O4/c1-14(28)26-18(12-15-8-4-3-5-9-15)20(29)27-19(21(30)31-2)13-16-10-6-7-11-17(16)22(23,24)25/h3-11,18-19H,12-13H2,1-2H3,(H,26,28)(H,27,29)/t18-,19+/m1/s1. The quantitative estimate of drug-likeness (QED) is 0.624. The SMILES string of the molecule is COC(=O)[C@H](Cc1ccccc1C(F)(F)F)NC(=O)[C@@H](Cc1ccccc1)NC(C)=O. The van der Waals surface area contributed by atoms with Crippen LogP contribution in [0.5, 0.6) is 0 Å². The highest BCUT2D eigenvalue weighted by Crippen LogP contribution is 2.32. The number of hydrogen-bond acceptors (Lipinski definition) is 4. The molecule has 2 N–H and O–H groups in total. The lowest BCUT2D eigenvalue weighted by Gasteiger charge is -2.23. The minimum atomic E-state index is -4.62.